The summed E-state index contributed by atoms with van der Waals surface area (Å²) in [7, 11) is 0. The van der Waals surface area contributed by atoms with Crippen molar-refractivity contribution in [2.75, 3.05) is 5.32 Å². The Bertz CT molecular complexity index is 438. The fourth-order valence-electron chi connectivity index (χ4n) is 1.40. The molecule has 17 heavy (non-hydrogen) atoms. The number of nitriles is 1. The summed E-state index contributed by atoms with van der Waals surface area (Å²) in [5.74, 6) is -0.484. The van der Waals surface area contributed by atoms with Crippen molar-refractivity contribution in [1.29, 1.82) is 5.26 Å². The molecule has 1 unspecified atom stereocenters. The summed E-state index contributed by atoms with van der Waals surface area (Å²) in [4.78, 5) is 11.4. The van der Waals surface area contributed by atoms with Crippen LogP contribution >= 0.6 is 11.6 Å². The van der Waals surface area contributed by atoms with Gasteiger partial charge in [0.25, 0.3) is 0 Å². The Morgan fingerprint density at radius 1 is 1.53 bits per heavy atom. The molecule has 0 aliphatic carbocycles. The van der Waals surface area contributed by atoms with E-state index in [0.717, 1.165) is 5.69 Å². The number of rotatable bonds is 5. The van der Waals surface area contributed by atoms with Gasteiger partial charge in [-0.05, 0) is 37.6 Å². The Balaban J connectivity index is 2.83. The van der Waals surface area contributed by atoms with Crippen LogP contribution < -0.4 is 11.1 Å². The fourth-order valence-corrected chi connectivity index (χ4v) is 1.53. The minimum absolute atomic E-state index is 0.264. The Morgan fingerprint density at radius 2 is 2.12 bits per heavy atom. The van der Waals surface area contributed by atoms with E-state index >= 15 is 0 Å². The topological polar surface area (TPSA) is 78.9 Å². The summed E-state index contributed by atoms with van der Waals surface area (Å²) in [5.41, 5.74) is 5.17. The lowest BCUT2D eigenvalue weighted by atomic mass is 9.95. The third kappa shape index (κ3) is 3.65. The first-order valence-electron chi connectivity index (χ1n) is 5.18. The van der Waals surface area contributed by atoms with Crippen molar-refractivity contribution in [3.63, 3.8) is 0 Å². The second kappa shape index (κ2) is 5.55. The highest BCUT2D eigenvalue weighted by molar-refractivity contribution is 6.30. The van der Waals surface area contributed by atoms with Crippen LogP contribution in [0.1, 0.15) is 19.8 Å². The smallest absolute Gasteiger partial charge is 0.242 e. The normalized spacial score (nSPS) is 13.5. The molecule has 1 atom stereocenters. The number of hydrogen-bond acceptors (Lipinski definition) is 3. The fraction of sp³-hybridized carbons (Fsp3) is 0.333. The second-order valence-corrected chi connectivity index (χ2v) is 4.42. The van der Waals surface area contributed by atoms with E-state index in [0.29, 0.717) is 11.4 Å². The molecule has 3 N–H and O–H groups in total. The molecule has 1 aromatic rings. The first kappa shape index (κ1) is 13.3. The highest BCUT2D eigenvalue weighted by Crippen LogP contribution is 2.21. The van der Waals surface area contributed by atoms with Gasteiger partial charge in [0.05, 0.1) is 6.07 Å². The Hall–Kier alpha value is -1.73. The standard InChI is InChI=1S/C12H14ClN3O/c1-12(11(15)17,7-2-8-14)16-10-5-3-9(13)4-6-10/h3-6,16H,2,7H2,1H3,(H2,15,17). The minimum Gasteiger partial charge on any atom is -0.371 e. The molecule has 0 saturated carbocycles. The van der Waals surface area contributed by atoms with Crippen molar-refractivity contribution < 1.29 is 4.79 Å². The molecular formula is C12H14ClN3O. The maximum Gasteiger partial charge on any atom is 0.242 e. The third-order valence-electron chi connectivity index (χ3n) is 2.55. The molecule has 0 aliphatic rings. The average Bonchev–Trinajstić information content (AvgIpc) is 2.29. The van der Waals surface area contributed by atoms with Crippen LogP contribution in [0.5, 0.6) is 0 Å². The van der Waals surface area contributed by atoms with Crippen LogP contribution in [-0.4, -0.2) is 11.4 Å². The summed E-state index contributed by atoms with van der Waals surface area (Å²) < 4.78 is 0. The summed E-state index contributed by atoms with van der Waals surface area (Å²) >= 11 is 5.77. The molecule has 0 heterocycles. The molecule has 1 aromatic carbocycles. The maximum atomic E-state index is 11.4. The number of amides is 1. The summed E-state index contributed by atoms with van der Waals surface area (Å²) in [5, 5.41) is 12.2. The van der Waals surface area contributed by atoms with Gasteiger partial charge >= 0.3 is 0 Å². The van der Waals surface area contributed by atoms with Gasteiger partial charge in [0.1, 0.15) is 5.54 Å². The maximum absolute atomic E-state index is 11.4. The predicted molar refractivity (Wildman–Crippen MR) is 67.5 cm³/mol. The Kier molecular flexibility index (Phi) is 4.36. The van der Waals surface area contributed by atoms with Gasteiger partial charge in [-0.2, -0.15) is 5.26 Å². The SMILES string of the molecule is CC(CCC#N)(Nc1ccc(Cl)cc1)C(N)=O. The van der Waals surface area contributed by atoms with Crippen molar-refractivity contribution in [3.8, 4) is 6.07 Å². The van der Waals surface area contributed by atoms with Crippen molar-refractivity contribution in [2.45, 2.75) is 25.3 Å². The van der Waals surface area contributed by atoms with Crippen LogP contribution in [0, 0.1) is 11.3 Å². The zero-order valence-electron chi connectivity index (χ0n) is 9.53. The van der Waals surface area contributed by atoms with Crippen LogP contribution in [-0.2, 0) is 4.79 Å². The van der Waals surface area contributed by atoms with Gasteiger partial charge in [0.2, 0.25) is 5.91 Å². The predicted octanol–water partition coefficient (Wildman–Crippen LogP) is 2.30. The number of nitrogens with zero attached hydrogens (tertiary/aromatic N) is 1. The number of halogens is 1. The second-order valence-electron chi connectivity index (χ2n) is 3.99. The molecule has 0 saturated heterocycles. The number of hydrogen-bond donors (Lipinski definition) is 2. The minimum atomic E-state index is -0.927. The quantitative estimate of drug-likeness (QED) is 0.843. The van der Waals surface area contributed by atoms with Crippen LogP contribution in [0.15, 0.2) is 24.3 Å². The van der Waals surface area contributed by atoms with Gasteiger partial charge in [-0.15, -0.1) is 0 Å². The van der Waals surface area contributed by atoms with Crippen LogP contribution in [0.25, 0.3) is 0 Å². The number of primary amides is 1. The van der Waals surface area contributed by atoms with Crippen molar-refractivity contribution in [1.82, 2.24) is 0 Å². The molecule has 0 bridgehead atoms. The molecule has 4 nitrogen and oxygen atoms in total. The molecule has 0 aliphatic heterocycles. The van der Waals surface area contributed by atoms with E-state index in [1.54, 1.807) is 31.2 Å². The zero-order chi connectivity index (χ0) is 12.9. The van der Waals surface area contributed by atoms with Crippen LogP contribution in [0.4, 0.5) is 5.69 Å². The lowest BCUT2D eigenvalue weighted by Gasteiger charge is -2.27. The van der Waals surface area contributed by atoms with Crippen LogP contribution in [0.2, 0.25) is 5.02 Å². The molecule has 90 valence electrons. The number of anilines is 1. The lowest BCUT2D eigenvalue weighted by Crippen LogP contribution is -2.47. The first-order chi connectivity index (χ1) is 7.98. The molecule has 1 rings (SSSR count). The number of nitrogens with two attached hydrogens (primary N) is 1. The number of nitrogens with one attached hydrogen (secondary N) is 1. The van der Waals surface area contributed by atoms with Crippen molar-refractivity contribution >= 4 is 23.2 Å². The molecule has 5 heteroatoms. The first-order valence-corrected chi connectivity index (χ1v) is 5.56. The van der Waals surface area contributed by atoms with Gasteiger partial charge in [0, 0.05) is 17.1 Å². The van der Waals surface area contributed by atoms with Gasteiger partial charge in [-0.1, -0.05) is 11.6 Å². The van der Waals surface area contributed by atoms with Gasteiger partial charge in [0.15, 0.2) is 0 Å². The average molecular weight is 252 g/mol. The van der Waals surface area contributed by atoms with E-state index in [1.807, 2.05) is 6.07 Å². The lowest BCUT2D eigenvalue weighted by molar-refractivity contribution is -0.121. The summed E-state index contributed by atoms with van der Waals surface area (Å²) in [6.45, 7) is 1.68. The van der Waals surface area contributed by atoms with Gasteiger partial charge < -0.3 is 11.1 Å². The molecule has 0 aromatic heterocycles. The van der Waals surface area contributed by atoms with E-state index in [1.165, 1.54) is 0 Å². The monoisotopic (exact) mass is 251 g/mol. The summed E-state index contributed by atoms with van der Waals surface area (Å²) in [6, 6.07) is 8.96. The van der Waals surface area contributed by atoms with E-state index in [4.69, 9.17) is 22.6 Å². The van der Waals surface area contributed by atoms with E-state index < -0.39 is 11.4 Å². The largest absolute Gasteiger partial charge is 0.371 e. The molecule has 0 radical (unpaired) electrons. The van der Waals surface area contributed by atoms with Crippen molar-refractivity contribution in [2.24, 2.45) is 5.73 Å². The molecular weight excluding hydrogens is 238 g/mol. The van der Waals surface area contributed by atoms with E-state index in [2.05, 4.69) is 5.32 Å². The highest BCUT2D eigenvalue weighted by atomic mass is 35.5. The van der Waals surface area contributed by atoms with E-state index in [9.17, 15) is 4.79 Å². The van der Waals surface area contributed by atoms with E-state index in [-0.39, 0.29) is 6.42 Å². The highest BCUT2D eigenvalue weighted by Gasteiger charge is 2.30. The Morgan fingerprint density at radius 3 is 2.59 bits per heavy atom. The zero-order valence-corrected chi connectivity index (χ0v) is 10.3. The van der Waals surface area contributed by atoms with Crippen molar-refractivity contribution in [3.05, 3.63) is 29.3 Å². The summed E-state index contributed by atoms with van der Waals surface area (Å²) in [6.07, 6.45) is 0.626. The molecule has 0 fully saturated rings. The molecule has 1 amide bonds. The third-order valence-corrected chi connectivity index (χ3v) is 2.80. The van der Waals surface area contributed by atoms with Gasteiger partial charge in [-0.3, -0.25) is 4.79 Å². The Labute approximate surface area is 105 Å². The number of carbonyl (C=O) groups is 1. The number of carbonyl (C=O) groups excluding carboxylic acids is 1. The van der Waals surface area contributed by atoms with Gasteiger partial charge in [-0.25, -0.2) is 0 Å². The number of benzene rings is 1. The molecule has 0 spiro atoms. The van der Waals surface area contributed by atoms with Crippen LogP contribution in [0.3, 0.4) is 0 Å².